The Morgan fingerprint density at radius 1 is 0.750 bits per heavy atom. The van der Waals surface area contributed by atoms with Crippen molar-refractivity contribution in [3.63, 3.8) is 0 Å². The number of aryl methyl sites for hydroxylation is 1. The van der Waals surface area contributed by atoms with E-state index in [1.165, 1.54) is 21.7 Å². The van der Waals surface area contributed by atoms with Gasteiger partial charge in [-0.1, -0.05) is 54.1 Å². The van der Waals surface area contributed by atoms with Crippen LogP contribution in [0.2, 0.25) is 0 Å². The third kappa shape index (κ3) is 2.00. The lowest BCUT2D eigenvalue weighted by molar-refractivity contribution is 0.623. The van der Waals surface area contributed by atoms with Crippen molar-refractivity contribution in [3.05, 3.63) is 78.4 Å². The van der Waals surface area contributed by atoms with Gasteiger partial charge in [0.05, 0.1) is 0 Å². The van der Waals surface area contributed by atoms with Crippen molar-refractivity contribution in [2.75, 3.05) is 0 Å². The number of hydrogen-bond acceptors (Lipinski definition) is 2. The molecule has 0 aliphatic heterocycles. The topological polar surface area (TPSA) is 26.0 Å². The third-order valence-corrected chi connectivity index (χ3v) is 4.52. The van der Waals surface area contributed by atoms with Crippen LogP contribution in [0.4, 0.5) is 0 Å². The van der Waals surface area contributed by atoms with Gasteiger partial charge in [-0.15, -0.1) is 0 Å². The van der Waals surface area contributed by atoms with Crippen LogP contribution in [0.3, 0.4) is 0 Å². The van der Waals surface area contributed by atoms with E-state index in [9.17, 15) is 0 Å². The first-order valence-electron chi connectivity index (χ1n) is 8.07. The van der Waals surface area contributed by atoms with E-state index in [0.717, 1.165) is 22.0 Å². The summed E-state index contributed by atoms with van der Waals surface area (Å²) >= 11 is 0. The lowest BCUT2D eigenvalue weighted by Crippen LogP contribution is -1.78. The smallest absolute Gasteiger partial charge is 0.227 e. The summed E-state index contributed by atoms with van der Waals surface area (Å²) in [6.07, 6.45) is 0. The van der Waals surface area contributed by atoms with Crippen LogP contribution in [0.25, 0.3) is 44.1 Å². The van der Waals surface area contributed by atoms with Crippen molar-refractivity contribution in [2.45, 2.75) is 6.92 Å². The van der Waals surface area contributed by atoms with E-state index in [0.29, 0.717) is 5.89 Å². The molecule has 0 aliphatic rings. The minimum absolute atomic E-state index is 0.671. The van der Waals surface area contributed by atoms with E-state index in [1.54, 1.807) is 0 Å². The summed E-state index contributed by atoms with van der Waals surface area (Å²) in [5.74, 6) is 0.671. The molecule has 1 aromatic heterocycles. The third-order valence-electron chi connectivity index (χ3n) is 4.52. The first-order valence-corrected chi connectivity index (χ1v) is 8.07. The van der Waals surface area contributed by atoms with Crippen LogP contribution in [-0.4, -0.2) is 4.98 Å². The predicted octanol–water partition coefficient (Wildman–Crippen LogP) is 6.11. The van der Waals surface area contributed by atoms with E-state index in [2.05, 4.69) is 73.7 Å². The van der Waals surface area contributed by atoms with Crippen molar-refractivity contribution >= 4 is 32.6 Å². The molecule has 0 bridgehead atoms. The highest BCUT2D eigenvalue weighted by Gasteiger charge is 2.11. The van der Waals surface area contributed by atoms with Gasteiger partial charge < -0.3 is 4.42 Å². The van der Waals surface area contributed by atoms with Crippen LogP contribution in [-0.2, 0) is 0 Å². The molecular weight excluding hydrogens is 294 g/mol. The molecule has 0 amide bonds. The van der Waals surface area contributed by atoms with Gasteiger partial charge in [-0.05, 0) is 47.3 Å². The Kier molecular flexibility index (Phi) is 2.74. The monoisotopic (exact) mass is 309 g/mol. The fourth-order valence-corrected chi connectivity index (χ4v) is 3.26. The average molecular weight is 309 g/mol. The maximum absolute atomic E-state index is 6.16. The maximum atomic E-state index is 6.16. The van der Waals surface area contributed by atoms with Crippen LogP contribution in [0.15, 0.2) is 77.2 Å². The molecule has 0 saturated carbocycles. The predicted molar refractivity (Wildman–Crippen MR) is 99.2 cm³/mol. The Morgan fingerprint density at radius 2 is 1.54 bits per heavy atom. The number of hydrogen-bond donors (Lipinski definition) is 0. The number of benzene rings is 4. The summed E-state index contributed by atoms with van der Waals surface area (Å²) in [4.78, 5) is 4.70. The van der Waals surface area contributed by atoms with Gasteiger partial charge in [-0.3, -0.25) is 0 Å². The van der Waals surface area contributed by atoms with Crippen LogP contribution >= 0.6 is 0 Å². The molecule has 4 aromatic carbocycles. The molecule has 0 spiro atoms. The highest BCUT2D eigenvalue weighted by molar-refractivity contribution is 6.03. The quantitative estimate of drug-likeness (QED) is 0.373. The average Bonchev–Trinajstić information content (AvgIpc) is 3.06. The summed E-state index contributed by atoms with van der Waals surface area (Å²) in [6.45, 7) is 2.10. The zero-order chi connectivity index (χ0) is 16.1. The zero-order valence-corrected chi connectivity index (χ0v) is 13.3. The van der Waals surface area contributed by atoms with Gasteiger partial charge in [-0.25, -0.2) is 4.98 Å². The van der Waals surface area contributed by atoms with Crippen LogP contribution in [0.1, 0.15) is 5.56 Å². The summed E-state index contributed by atoms with van der Waals surface area (Å²) in [7, 11) is 0. The first-order chi connectivity index (χ1) is 11.8. The first kappa shape index (κ1) is 13.3. The van der Waals surface area contributed by atoms with Gasteiger partial charge in [0.1, 0.15) is 5.52 Å². The molecule has 0 saturated heterocycles. The second-order valence-electron chi connectivity index (χ2n) is 6.22. The number of oxazole rings is 1. The molecule has 24 heavy (non-hydrogen) atoms. The SMILES string of the molecule is Cc1ccc2ccc3nc(-c4ccc5ccccc5c4)oc3c2c1. The fourth-order valence-electron chi connectivity index (χ4n) is 3.26. The van der Waals surface area contributed by atoms with Crippen LogP contribution in [0, 0.1) is 6.92 Å². The van der Waals surface area contributed by atoms with Gasteiger partial charge in [0, 0.05) is 10.9 Å². The van der Waals surface area contributed by atoms with Gasteiger partial charge >= 0.3 is 0 Å². The molecule has 0 N–H and O–H groups in total. The van der Waals surface area contributed by atoms with Crippen molar-refractivity contribution in [2.24, 2.45) is 0 Å². The van der Waals surface area contributed by atoms with E-state index in [4.69, 9.17) is 9.40 Å². The number of fused-ring (bicyclic) bond motifs is 4. The van der Waals surface area contributed by atoms with Crippen LogP contribution in [0.5, 0.6) is 0 Å². The molecule has 0 atom stereocenters. The highest BCUT2D eigenvalue weighted by Crippen LogP contribution is 2.31. The van der Waals surface area contributed by atoms with Crippen molar-refractivity contribution in [1.82, 2.24) is 4.98 Å². The Labute approximate surface area is 139 Å². The van der Waals surface area contributed by atoms with E-state index in [1.807, 2.05) is 6.07 Å². The van der Waals surface area contributed by atoms with E-state index >= 15 is 0 Å². The summed E-state index contributed by atoms with van der Waals surface area (Å²) < 4.78 is 6.16. The number of aromatic nitrogens is 1. The number of rotatable bonds is 1. The lowest BCUT2D eigenvalue weighted by Gasteiger charge is -2.00. The fraction of sp³-hybridized carbons (Fsp3) is 0.0455. The van der Waals surface area contributed by atoms with Gasteiger partial charge in [0.15, 0.2) is 5.58 Å². The molecule has 2 nitrogen and oxygen atoms in total. The summed E-state index contributed by atoms with van der Waals surface area (Å²) in [5, 5.41) is 4.71. The summed E-state index contributed by atoms with van der Waals surface area (Å²) in [6, 6.07) is 25.2. The Morgan fingerprint density at radius 3 is 2.46 bits per heavy atom. The lowest BCUT2D eigenvalue weighted by atomic mass is 10.1. The standard InChI is InChI=1S/C22H15NO/c1-14-6-7-16-10-11-20-21(19(16)12-14)24-22(23-20)18-9-8-15-4-2-3-5-17(15)13-18/h2-13H,1H3. The van der Waals surface area contributed by atoms with Crippen molar-refractivity contribution < 1.29 is 4.42 Å². The van der Waals surface area contributed by atoms with Crippen LogP contribution < -0.4 is 0 Å². The summed E-state index contributed by atoms with van der Waals surface area (Å²) in [5.41, 5.74) is 3.99. The van der Waals surface area contributed by atoms with Crippen molar-refractivity contribution in [3.8, 4) is 11.5 Å². The molecule has 0 fully saturated rings. The molecule has 1 heterocycles. The number of nitrogens with zero attached hydrogens (tertiary/aromatic N) is 1. The zero-order valence-electron chi connectivity index (χ0n) is 13.3. The molecule has 114 valence electrons. The second kappa shape index (κ2) is 4.93. The molecule has 5 rings (SSSR count). The molecule has 0 radical (unpaired) electrons. The molecule has 0 aliphatic carbocycles. The molecule has 2 heteroatoms. The van der Waals surface area contributed by atoms with E-state index < -0.39 is 0 Å². The second-order valence-corrected chi connectivity index (χ2v) is 6.22. The molecule has 5 aromatic rings. The maximum Gasteiger partial charge on any atom is 0.227 e. The largest absolute Gasteiger partial charge is 0.435 e. The molecular formula is C22H15NO. The Balaban J connectivity index is 1.76. The minimum atomic E-state index is 0.671. The van der Waals surface area contributed by atoms with Crippen molar-refractivity contribution in [1.29, 1.82) is 0 Å². The normalized spacial score (nSPS) is 11.5. The minimum Gasteiger partial charge on any atom is -0.435 e. The molecule has 0 unspecified atom stereocenters. The van der Waals surface area contributed by atoms with Gasteiger partial charge in [0.2, 0.25) is 5.89 Å². The Bertz CT molecular complexity index is 1220. The van der Waals surface area contributed by atoms with E-state index in [-0.39, 0.29) is 0 Å². The Hall–Kier alpha value is -3.13. The highest BCUT2D eigenvalue weighted by atomic mass is 16.3. The van der Waals surface area contributed by atoms with Gasteiger partial charge in [0.25, 0.3) is 0 Å². The van der Waals surface area contributed by atoms with Gasteiger partial charge in [-0.2, -0.15) is 0 Å².